The molecule has 1 rings (SSSR count). The normalized spacial score (nSPS) is 38.5. The van der Waals surface area contributed by atoms with Gasteiger partial charge >= 0.3 is 5.97 Å². The maximum absolute atomic E-state index is 11.8. The summed E-state index contributed by atoms with van der Waals surface area (Å²) in [6, 6.07) is 0. The van der Waals surface area contributed by atoms with E-state index in [4.69, 9.17) is 9.47 Å². The Kier molecular flexibility index (Phi) is 7.04. The van der Waals surface area contributed by atoms with Crippen LogP contribution in [0.15, 0.2) is 36.0 Å². The Morgan fingerprint density at radius 1 is 1.36 bits per heavy atom. The van der Waals surface area contributed by atoms with Crippen LogP contribution >= 0.6 is 0 Å². The van der Waals surface area contributed by atoms with Gasteiger partial charge in [-0.2, -0.15) is 0 Å². The summed E-state index contributed by atoms with van der Waals surface area (Å²) in [4.78, 5) is 11.8. The zero-order valence-corrected chi connectivity index (χ0v) is 14.2. The van der Waals surface area contributed by atoms with E-state index < -0.39 is 11.6 Å². The summed E-state index contributed by atoms with van der Waals surface area (Å²) in [5.74, 6) is -0.165. The highest BCUT2D eigenvalue weighted by atomic mass is 16.5. The Morgan fingerprint density at radius 2 is 2.05 bits per heavy atom. The fourth-order valence-electron chi connectivity index (χ4n) is 2.25. The third-order valence-corrected chi connectivity index (χ3v) is 4.06. The number of ether oxygens (including phenoxy) is 2. The van der Waals surface area contributed by atoms with Crippen molar-refractivity contribution in [2.75, 3.05) is 7.11 Å². The summed E-state index contributed by atoms with van der Waals surface area (Å²) in [5.41, 5.74) is -0.123. The Hall–Kier alpha value is -1.39. The first-order valence-electron chi connectivity index (χ1n) is 7.76. The Labute approximate surface area is 133 Å². The van der Waals surface area contributed by atoms with Gasteiger partial charge in [0.15, 0.2) is 0 Å². The number of cyclic esters (lactones) is 1. The van der Waals surface area contributed by atoms with Crippen molar-refractivity contribution >= 4 is 5.97 Å². The highest BCUT2D eigenvalue weighted by Gasteiger charge is 2.18. The van der Waals surface area contributed by atoms with Crippen LogP contribution in [-0.2, 0) is 14.3 Å². The van der Waals surface area contributed by atoms with E-state index in [-0.39, 0.29) is 18.1 Å². The van der Waals surface area contributed by atoms with Gasteiger partial charge in [-0.3, -0.25) is 0 Å². The van der Waals surface area contributed by atoms with Gasteiger partial charge in [0.25, 0.3) is 0 Å². The number of hydrogen-bond donors (Lipinski definition) is 1. The smallest absolute Gasteiger partial charge is 0.330 e. The van der Waals surface area contributed by atoms with Crippen LogP contribution in [0.25, 0.3) is 0 Å². The number of aliphatic hydroxyl groups is 1. The zero-order chi connectivity index (χ0) is 16.8. The van der Waals surface area contributed by atoms with Gasteiger partial charge in [-0.25, -0.2) is 4.79 Å². The minimum absolute atomic E-state index is 0.160. The van der Waals surface area contributed by atoms with Crippen molar-refractivity contribution in [2.24, 2.45) is 5.92 Å². The molecule has 0 saturated carbocycles. The van der Waals surface area contributed by atoms with Gasteiger partial charge < -0.3 is 14.6 Å². The number of rotatable bonds is 1. The minimum atomic E-state index is -1.23. The first-order valence-corrected chi connectivity index (χ1v) is 7.76. The van der Waals surface area contributed by atoms with E-state index in [0.717, 1.165) is 18.4 Å². The number of methoxy groups -OCH3 is 1. The maximum atomic E-state index is 11.8. The number of allylic oxidation sites excluding steroid dienone is 1. The fraction of sp³-hybridized carbons (Fsp3) is 0.611. The molecule has 0 saturated heterocycles. The summed E-state index contributed by atoms with van der Waals surface area (Å²) in [6.07, 6.45) is 9.78. The number of esters is 1. The highest BCUT2D eigenvalue weighted by molar-refractivity contribution is 5.82. The molecule has 4 heteroatoms. The zero-order valence-electron chi connectivity index (χ0n) is 14.2. The molecule has 22 heavy (non-hydrogen) atoms. The van der Waals surface area contributed by atoms with Gasteiger partial charge in [-0.05, 0) is 51.2 Å². The fourth-order valence-corrected chi connectivity index (χ4v) is 2.25. The van der Waals surface area contributed by atoms with E-state index in [1.165, 1.54) is 12.2 Å². The van der Waals surface area contributed by atoms with Gasteiger partial charge in [0.1, 0.15) is 6.10 Å². The molecule has 1 aliphatic rings. The molecule has 0 aromatic rings. The molecule has 1 N–H and O–H groups in total. The van der Waals surface area contributed by atoms with Crippen LogP contribution in [0, 0.1) is 5.92 Å². The largest absolute Gasteiger partial charge is 0.459 e. The molecule has 0 aliphatic carbocycles. The molecule has 0 bridgehead atoms. The van der Waals surface area contributed by atoms with Crippen LogP contribution in [-0.4, -0.2) is 36.0 Å². The molecule has 0 aromatic carbocycles. The second kappa shape index (κ2) is 8.30. The van der Waals surface area contributed by atoms with Crippen molar-refractivity contribution in [1.29, 1.82) is 0 Å². The molecule has 4 atom stereocenters. The second-order valence-electron chi connectivity index (χ2n) is 6.22. The predicted octanol–water partition coefficient (Wildman–Crippen LogP) is 3.17. The van der Waals surface area contributed by atoms with E-state index >= 15 is 0 Å². The summed E-state index contributed by atoms with van der Waals surface area (Å²) in [6.45, 7) is 7.59. The molecule has 0 spiro atoms. The summed E-state index contributed by atoms with van der Waals surface area (Å²) >= 11 is 0. The Balaban J connectivity index is 3.04. The van der Waals surface area contributed by atoms with Crippen molar-refractivity contribution in [3.05, 3.63) is 36.0 Å². The average molecular weight is 308 g/mol. The highest BCUT2D eigenvalue weighted by Crippen LogP contribution is 2.19. The van der Waals surface area contributed by atoms with E-state index in [9.17, 15) is 9.90 Å². The van der Waals surface area contributed by atoms with Gasteiger partial charge in [0, 0.05) is 13.2 Å². The van der Waals surface area contributed by atoms with Crippen molar-refractivity contribution in [3.8, 4) is 0 Å². The molecule has 0 fully saturated rings. The molecule has 0 radical (unpaired) electrons. The van der Waals surface area contributed by atoms with Crippen LogP contribution in [0.1, 0.15) is 40.5 Å². The van der Waals surface area contributed by atoms with Crippen molar-refractivity contribution in [3.63, 3.8) is 0 Å². The Bertz CT molecular complexity index is 460. The van der Waals surface area contributed by atoms with E-state index in [1.807, 2.05) is 13.8 Å². The predicted molar refractivity (Wildman–Crippen MR) is 87.4 cm³/mol. The third kappa shape index (κ3) is 6.16. The van der Waals surface area contributed by atoms with Crippen LogP contribution < -0.4 is 0 Å². The molecule has 1 unspecified atom stereocenters. The molecule has 4 nitrogen and oxygen atoms in total. The lowest BCUT2D eigenvalue weighted by molar-refractivity contribution is -0.144. The Morgan fingerprint density at radius 3 is 2.68 bits per heavy atom. The van der Waals surface area contributed by atoms with Crippen molar-refractivity contribution < 1.29 is 19.4 Å². The summed E-state index contributed by atoms with van der Waals surface area (Å²) < 4.78 is 10.8. The van der Waals surface area contributed by atoms with E-state index in [1.54, 1.807) is 26.2 Å². The first-order chi connectivity index (χ1) is 10.2. The topological polar surface area (TPSA) is 55.8 Å². The molecule has 1 heterocycles. The third-order valence-electron chi connectivity index (χ3n) is 4.06. The van der Waals surface area contributed by atoms with Crippen LogP contribution in [0.2, 0.25) is 0 Å². The van der Waals surface area contributed by atoms with Crippen LogP contribution in [0.5, 0.6) is 0 Å². The number of carbonyl (C=O) groups is 1. The second-order valence-corrected chi connectivity index (χ2v) is 6.22. The summed E-state index contributed by atoms with van der Waals surface area (Å²) in [5, 5.41) is 10.3. The van der Waals surface area contributed by atoms with Crippen molar-refractivity contribution in [1.82, 2.24) is 0 Å². The van der Waals surface area contributed by atoms with Gasteiger partial charge in [0.05, 0.1) is 11.7 Å². The van der Waals surface area contributed by atoms with Gasteiger partial charge in [-0.1, -0.05) is 25.2 Å². The monoisotopic (exact) mass is 308 g/mol. The van der Waals surface area contributed by atoms with Crippen LogP contribution in [0.3, 0.4) is 0 Å². The lowest BCUT2D eigenvalue weighted by Gasteiger charge is -2.21. The molecule has 124 valence electrons. The van der Waals surface area contributed by atoms with Gasteiger partial charge in [-0.15, -0.1) is 0 Å². The molecule has 0 amide bonds. The quantitative estimate of drug-likeness (QED) is 0.597. The maximum Gasteiger partial charge on any atom is 0.330 e. The standard InChI is InChI=1S/C18H28O4/c1-13-7-6-8-14(2)16(21-5)9-11-18(4,20)12-10-17(19)22-15(13)3/h8-13,15-16,20H,6-7H2,1-5H3/b11-9?,12-10+,14-8-/t13-,15+,16?,18+/m0/s1. The number of carbonyl (C=O) groups excluding carboxylic acids is 1. The lowest BCUT2D eigenvalue weighted by atomic mass is 9.97. The molecular formula is C18H28O4. The van der Waals surface area contributed by atoms with Crippen LogP contribution in [0.4, 0.5) is 0 Å². The summed E-state index contributed by atoms with van der Waals surface area (Å²) in [7, 11) is 1.64. The SMILES string of the molecule is COC1C=C[C@@](C)(O)/C=C/C(=O)O[C@H](C)[C@@H](C)CC/C=C\1C. The molecule has 1 aliphatic heterocycles. The molecule has 0 aromatic heterocycles. The minimum Gasteiger partial charge on any atom is -0.459 e. The van der Waals surface area contributed by atoms with E-state index in [2.05, 4.69) is 13.0 Å². The van der Waals surface area contributed by atoms with Gasteiger partial charge in [0.2, 0.25) is 0 Å². The average Bonchev–Trinajstić information content (AvgIpc) is 2.44. The van der Waals surface area contributed by atoms with E-state index in [0.29, 0.717) is 0 Å². The van der Waals surface area contributed by atoms with Crippen molar-refractivity contribution in [2.45, 2.75) is 58.3 Å². The lowest BCUT2D eigenvalue weighted by Crippen LogP contribution is -2.23. The first kappa shape index (κ1) is 18.7. The number of hydrogen-bond acceptors (Lipinski definition) is 4. The molecular weight excluding hydrogens is 280 g/mol.